The monoisotopic (exact) mass is 442 g/mol. The summed E-state index contributed by atoms with van der Waals surface area (Å²) in [5.74, 6) is -0.661. The van der Waals surface area contributed by atoms with Crippen LogP contribution in [0, 0.1) is 0 Å². The molecule has 1 aliphatic heterocycles. The zero-order valence-corrected chi connectivity index (χ0v) is 16.8. The van der Waals surface area contributed by atoms with Gasteiger partial charge in [0, 0.05) is 24.7 Å². The molecule has 1 aliphatic rings. The fourth-order valence-electron chi connectivity index (χ4n) is 3.13. The summed E-state index contributed by atoms with van der Waals surface area (Å²) in [5.41, 5.74) is -1.26. The number of para-hydroxylation sites is 1. The Morgan fingerprint density at radius 1 is 1.30 bits per heavy atom. The van der Waals surface area contributed by atoms with Gasteiger partial charge in [-0.3, -0.25) is 9.69 Å². The number of aromatic nitrogens is 1. The van der Waals surface area contributed by atoms with Crippen LogP contribution in [0.5, 0.6) is 0 Å². The van der Waals surface area contributed by atoms with E-state index < -0.39 is 29.8 Å². The molecule has 0 radical (unpaired) electrons. The fourth-order valence-corrected chi connectivity index (χ4v) is 3.69. The van der Waals surface area contributed by atoms with E-state index in [4.69, 9.17) is 4.74 Å². The van der Waals surface area contributed by atoms with Gasteiger partial charge < -0.3 is 15.4 Å². The number of thiazole rings is 1. The van der Waals surface area contributed by atoms with Crippen molar-refractivity contribution in [2.24, 2.45) is 0 Å². The van der Waals surface area contributed by atoms with Crippen LogP contribution in [0.2, 0.25) is 0 Å². The van der Waals surface area contributed by atoms with E-state index in [9.17, 15) is 22.8 Å². The molecule has 1 saturated heterocycles. The van der Waals surface area contributed by atoms with Crippen LogP contribution in [0.25, 0.3) is 0 Å². The van der Waals surface area contributed by atoms with E-state index in [1.165, 1.54) is 34.4 Å². The maximum absolute atomic E-state index is 13.1. The molecular weight excluding hydrogens is 421 g/mol. The highest BCUT2D eigenvalue weighted by molar-refractivity contribution is 7.13. The number of carbonyl (C=O) groups is 2. The van der Waals surface area contributed by atoms with Crippen molar-refractivity contribution in [3.8, 4) is 0 Å². The molecule has 2 heterocycles. The van der Waals surface area contributed by atoms with Gasteiger partial charge in [0.2, 0.25) is 5.91 Å². The lowest BCUT2D eigenvalue weighted by Gasteiger charge is -2.24. The molecule has 30 heavy (non-hydrogen) atoms. The van der Waals surface area contributed by atoms with Gasteiger partial charge in [0.05, 0.1) is 17.9 Å². The summed E-state index contributed by atoms with van der Waals surface area (Å²) in [4.78, 5) is 30.3. The van der Waals surface area contributed by atoms with Crippen LogP contribution in [0.1, 0.15) is 24.8 Å². The highest BCUT2D eigenvalue weighted by atomic mass is 32.1. The highest BCUT2D eigenvalue weighted by Crippen LogP contribution is 2.35. The Bertz CT molecular complexity index is 861. The van der Waals surface area contributed by atoms with Crippen LogP contribution >= 0.6 is 11.3 Å². The number of nitrogens with one attached hydrogen (secondary N) is 2. The van der Waals surface area contributed by atoms with Crippen molar-refractivity contribution in [3.63, 3.8) is 0 Å². The van der Waals surface area contributed by atoms with Gasteiger partial charge in [0.15, 0.2) is 5.13 Å². The number of halogens is 3. The molecule has 3 rings (SSSR count). The zero-order chi connectivity index (χ0) is 21.6. The summed E-state index contributed by atoms with van der Waals surface area (Å²) in [6.07, 6.45) is -2.08. The van der Waals surface area contributed by atoms with E-state index in [2.05, 4.69) is 15.6 Å². The first-order valence-corrected chi connectivity index (χ1v) is 10.3. The quantitative estimate of drug-likeness (QED) is 0.628. The lowest BCUT2D eigenvalue weighted by molar-refractivity contribution is -0.137. The molecule has 0 saturated carbocycles. The molecule has 0 aliphatic carbocycles. The van der Waals surface area contributed by atoms with Gasteiger partial charge in [-0.2, -0.15) is 13.2 Å². The normalized spacial score (nSPS) is 16.4. The third kappa shape index (κ3) is 5.62. The number of hydrogen-bond acceptors (Lipinski definition) is 6. The number of likely N-dealkylation sites (tertiary alicyclic amines) is 1. The minimum absolute atomic E-state index is 0.152. The summed E-state index contributed by atoms with van der Waals surface area (Å²) < 4.78 is 44.6. The van der Waals surface area contributed by atoms with E-state index in [0.717, 1.165) is 11.2 Å². The van der Waals surface area contributed by atoms with Crippen molar-refractivity contribution >= 4 is 34.2 Å². The molecule has 1 fully saturated rings. The van der Waals surface area contributed by atoms with E-state index in [1.54, 1.807) is 6.20 Å². The Kier molecular flexibility index (Phi) is 7.14. The number of carbonyl (C=O) groups excluding carboxylic acids is 2. The van der Waals surface area contributed by atoms with Crippen molar-refractivity contribution in [2.45, 2.75) is 31.5 Å². The average Bonchev–Trinajstić information content (AvgIpc) is 3.39. The SMILES string of the molecule is O=C(Nc1ccccc1C(F)(F)F)C1CCCN1C(=O)OCCCNc1nccs1. The van der Waals surface area contributed by atoms with E-state index in [-0.39, 0.29) is 12.3 Å². The predicted molar refractivity (Wildman–Crippen MR) is 106 cm³/mol. The number of nitrogens with zero attached hydrogens (tertiary/aromatic N) is 2. The maximum Gasteiger partial charge on any atom is 0.418 e. The van der Waals surface area contributed by atoms with Crippen LogP contribution in [-0.2, 0) is 15.7 Å². The Morgan fingerprint density at radius 2 is 2.10 bits per heavy atom. The molecule has 7 nitrogen and oxygen atoms in total. The van der Waals surface area contributed by atoms with Crippen LogP contribution < -0.4 is 10.6 Å². The second kappa shape index (κ2) is 9.79. The van der Waals surface area contributed by atoms with E-state index >= 15 is 0 Å². The summed E-state index contributed by atoms with van der Waals surface area (Å²) in [7, 11) is 0. The molecule has 1 aromatic heterocycles. The van der Waals surface area contributed by atoms with Gasteiger partial charge in [-0.15, -0.1) is 11.3 Å². The minimum Gasteiger partial charge on any atom is -0.449 e. The van der Waals surface area contributed by atoms with Crippen LogP contribution in [0.4, 0.5) is 28.8 Å². The third-order valence-electron chi connectivity index (χ3n) is 4.54. The molecule has 2 aromatic rings. The first-order chi connectivity index (χ1) is 14.4. The molecule has 2 N–H and O–H groups in total. The number of amides is 2. The van der Waals surface area contributed by atoms with Crippen molar-refractivity contribution in [1.29, 1.82) is 0 Å². The third-order valence-corrected chi connectivity index (χ3v) is 5.27. The summed E-state index contributed by atoms with van der Waals surface area (Å²) in [6.45, 7) is 1.03. The Hall–Kier alpha value is -2.82. The lowest BCUT2D eigenvalue weighted by atomic mass is 10.1. The van der Waals surface area contributed by atoms with Crippen molar-refractivity contribution in [1.82, 2.24) is 9.88 Å². The van der Waals surface area contributed by atoms with E-state index in [0.29, 0.717) is 32.4 Å². The predicted octanol–water partition coefficient (Wildman–Crippen LogP) is 4.20. The molecular formula is C19H21F3N4O3S. The molecule has 1 atom stereocenters. The Labute approximate surface area is 175 Å². The number of hydrogen-bond donors (Lipinski definition) is 2. The number of alkyl halides is 3. The van der Waals surface area contributed by atoms with Gasteiger partial charge in [-0.25, -0.2) is 9.78 Å². The number of rotatable bonds is 7. The van der Waals surface area contributed by atoms with Crippen LogP contribution in [0.15, 0.2) is 35.8 Å². The standard InChI is InChI=1S/C19H21F3N4O3S/c20-19(21,22)13-5-1-2-6-14(13)25-16(27)15-7-3-10-26(15)18(28)29-11-4-8-23-17-24-9-12-30-17/h1-2,5-6,9,12,15H,3-4,7-8,10-11H2,(H,23,24)(H,25,27). The second-order valence-electron chi connectivity index (χ2n) is 6.62. The van der Waals surface area contributed by atoms with Crippen molar-refractivity contribution < 1.29 is 27.5 Å². The number of ether oxygens (including phenoxy) is 1. The molecule has 0 spiro atoms. The molecule has 162 valence electrons. The van der Waals surface area contributed by atoms with Gasteiger partial charge in [0.25, 0.3) is 0 Å². The average molecular weight is 442 g/mol. The van der Waals surface area contributed by atoms with Crippen molar-refractivity contribution in [3.05, 3.63) is 41.4 Å². The molecule has 1 aromatic carbocycles. The van der Waals surface area contributed by atoms with Crippen LogP contribution in [-0.4, -0.2) is 47.6 Å². The first-order valence-electron chi connectivity index (χ1n) is 9.40. The highest BCUT2D eigenvalue weighted by Gasteiger charge is 2.37. The zero-order valence-electron chi connectivity index (χ0n) is 15.9. The summed E-state index contributed by atoms with van der Waals surface area (Å²) in [5, 5.41) is 8.01. The number of anilines is 2. The molecule has 11 heteroatoms. The summed E-state index contributed by atoms with van der Waals surface area (Å²) in [6, 6.07) is 3.88. The number of benzene rings is 1. The lowest BCUT2D eigenvalue weighted by Crippen LogP contribution is -2.43. The van der Waals surface area contributed by atoms with Gasteiger partial charge in [-0.1, -0.05) is 12.1 Å². The van der Waals surface area contributed by atoms with Gasteiger partial charge in [0.1, 0.15) is 6.04 Å². The second-order valence-corrected chi connectivity index (χ2v) is 7.51. The van der Waals surface area contributed by atoms with Gasteiger partial charge >= 0.3 is 12.3 Å². The first kappa shape index (κ1) is 21.9. The largest absolute Gasteiger partial charge is 0.449 e. The molecule has 0 bridgehead atoms. The van der Waals surface area contributed by atoms with Gasteiger partial charge in [-0.05, 0) is 31.4 Å². The minimum atomic E-state index is -4.59. The maximum atomic E-state index is 13.1. The fraction of sp³-hybridized carbons (Fsp3) is 0.421. The Balaban J connectivity index is 1.51. The Morgan fingerprint density at radius 3 is 2.83 bits per heavy atom. The molecule has 2 amide bonds. The van der Waals surface area contributed by atoms with Crippen LogP contribution in [0.3, 0.4) is 0 Å². The topological polar surface area (TPSA) is 83.6 Å². The smallest absolute Gasteiger partial charge is 0.418 e. The molecule has 1 unspecified atom stereocenters. The van der Waals surface area contributed by atoms with E-state index in [1.807, 2.05) is 5.38 Å². The van der Waals surface area contributed by atoms with Crippen molar-refractivity contribution in [2.75, 3.05) is 30.3 Å². The summed E-state index contributed by atoms with van der Waals surface area (Å²) >= 11 is 1.46.